The van der Waals surface area contributed by atoms with E-state index in [1.807, 2.05) is 30.1 Å². The Balaban J connectivity index is 2.14. The normalized spacial score (nSPS) is 23.2. The van der Waals surface area contributed by atoms with Gasteiger partial charge in [0.15, 0.2) is 0 Å². The second kappa shape index (κ2) is 4.15. The first-order valence-electron chi connectivity index (χ1n) is 4.13. The van der Waals surface area contributed by atoms with Gasteiger partial charge in [-0.25, -0.2) is 0 Å². The summed E-state index contributed by atoms with van der Waals surface area (Å²) in [5, 5.41) is 2.10. The van der Waals surface area contributed by atoms with Gasteiger partial charge in [-0.1, -0.05) is 0 Å². The van der Waals surface area contributed by atoms with Gasteiger partial charge < -0.3 is 9.32 Å². The molecule has 1 unspecified atom stereocenters. The van der Waals surface area contributed by atoms with Gasteiger partial charge in [-0.3, -0.25) is 0 Å². The maximum absolute atomic E-state index is 5.37. The minimum absolute atomic E-state index is 0.332. The molecule has 0 amide bonds. The summed E-state index contributed by atoms with van der Waals surface area (Å²) in [5.74, 6) is 2.16. The molecule has 1 atom stereocenters. The van der Waals surface area contributed by atoms with Crippen molar-refractivity contribution in [3.05, 3.63) is 35.8 Å². The van der Waals surface area contributed by atoms with Crippen LogP contribution < -0.4 is 0 Å². The molecule has 1 aromatic heterocycles. The molecule has 2 heterocycles. The van der Waals surface area contributed by atoms with E-state index in [-0.39, 0.29) is 0 Å². The monoisotopic (exact) mass is 213 g/mol. The first kappa shape index (κ1) is 9.09. The molecule has 2 rings (SSSR count). The maximum Gasteiger partial charge on any atom is 0.136 e. The summed E-state index contributed by atoms with van der Waals surface area (Å²) in [4.78, 5) is 2.23. The Morgan fingerprint density at radius 2 is 2.62 bits per heavy atom. The highest BCUT2D eigenvalue weighted by molar-refractivity contribution is 7.99. The number of rotatable bonds is 2. The molecule has 2 nitrogen and oxygen atoms in total. The van der Waals surface area contributed by atoms with Crippen LogP contribution in [0.4, 0.5) is 0 Å². The van der Waals surface area contributed by atoms with Crippen LogP contribution >= 0.6 is 24.4 Å². The molecule has 1 aliphatic heterocycles. The van der Waals surface area contributed by atoms with Gasteiger partial charge in [0, 0.05) is 18.5 Å². The Labute approximate surface area is 87.4 Å². The van der Waals surface area contributed by atoms with Crippen molar-refractivity contribution >= 4 is 24.4 Å². The Hall–Kier alpha value is -0.480. The molecule has 0 saturated carbocycles. The van der Waals surface area contributed by atoms with Crippen molar-refractivity contribution < 1.29 is 4.42 Å². The molecular formula is C9H11NOS2. The minimum atomic E-state index is 0.332. The smallest absolute Gasteiger partial charge is 0.136 e. The largest absolute Gasteiger partial charge is 0.466 e. The number of nitrogens with zero attached hydrogens (tertiary/aromatic N) is 1. The van der Waals surface area contributed by atoms with E-state index in [2.05, 4.69) is 17.5 Å². The number of thioether (sulfide) groups is 1. The fourth-order valence-corrected chi connectivity index (χ4v) is 2.77. The predicted octanol–water partition coefficient (Wildman–Crippen LogP) is 2.73. The van der Waals surface area contributed by atoms with E-state index in [1.54, 1.807) is 11.7 Å². The molecular weight excluding hydrogens is 202 g/mol. The van der Waals surface area contributed by atoms with E-state index < -0.39 is 0 Å². The lowest BCUT2D eigenvalue weighted by Crippen LogP contribution is -2.15. The summed E-state index contributed by atoms with van der Waals surface area (Å²) in [6.07, 6.45) is 3.72. The van der Waals surface area contributed by atoms with Gasteiger partial charge in [0.1, 0.15) is 11.1 Å². The third-order valence-electron chi connectivity index (χ3n) is 1.97. The van der Waals surface area contributed by atoms with Gasteiger partial charge in [-0.05, 0) is 17.5 Å². The fraction of sp³-hybridized carbons (Fsp3) is 0.333. The van der Waals surface area contributed by atoms with Gasteiger partial charge in [-0.15, -0.1) is 24.4 Å². The van der Waals surface area contributed by atoms with Crippen molar-refractivity contribution in [2.75, 3.05) is 12.3 Å². The van der Waals surface area contributed by atoms with Crippen molar-refractivity contribution in [1.82, 2.24) is 4.90 Å². The summed E-state index contributed by atoms with van der Waals surface area (Å²) in [5.41, 5.74) is 0. The number of furan rings is 1. The number of thiol groups is 1. The zero-order valence-corrected chi connectivity index (χ0v) is 8.80. The molecule has 1 fully saturated rings. The van der Waals surface area contributed by atoms with E-state index in [0.29, 0.717) is 5.37 Å². The maximum atomic E-state index is 5.37. The zero-order chi connectivity index (χ0) is 9.10. The Bertz CT molecular complexity index is 284. The van der Waals surface area contributed by atoms with E-state index in [1.165, 1.54) is 0 Å². The summed E-state index contributed by atoms with van der Waals surface area (Å²) in [6.45, 7) is 1.06. The predicted molar refractivity (Wildman–Crippen MR) is 58.7 cm³/mol. The molecule has 0 radical (unpaired) electrons. The first-order valence-corrected chi connectivity index (χ1v) is 5.70. The van der Waals surface area contributed by atoms with Crippen molar-refractivity contribution in [1.29, 1.82) is 0 Å². The quantitative estimate of drug-likeness (QED) is 0.761. The highest BCUT2D eigenvalue weighted by Gasteiger charge is 2.25. The molecule has 0 aliphatic carbocycles. The molecule has 1 aliphatic rings. The number of hydrogen-bond donors (Lipinski definition) is 1. The molecule has 13 heavy (non-hydrogen) atoms. The Morgan fingerprint density at radius 1 is 1.69 bits per heavy atom. The SMILES string of the molecule is S/C=C/N1CCSC1c1ccco1. The van der Waals surface area contributed by atoms with Gasteiger partial charge >= 0.3 is 0 Å². The molecule has 1 aromatic rings. The summed E-state index contributed by atoms with van der Waals surface area (Å²) < 4.78 is 5.37. The van der Waals surface area contributed by atoms with Crippen molar-refractivity contribution in [3.8, 4) is 0 Å². The lowest BCUT2D eigenvalue weighted by atomic mass is 10.4. The molecule has 0 aromatic carbocycles. The van der Waals surface area contributed by atoms with Crippen molar-refractivity contribution in [2.45, 2.75) is 5.37 Å². The lowest BCUT2D eigenvalue weighted by molar-refractivity contribution is 0.353. The standard InChI is InChI=1S/C9H11NOS2/c12-6-3-10-4-7-13-9(10)8-2-1-5-11-8/h1-3,5-6,9,12H,4,7H2/b6-3+. The fourth-order valence-electron chi connectivity index (χ4n) is 1.40. The van der Waals surface area contributed by atoms with Crippen LogP contribution in [0.2, 0.25) is 0 Å². The first-order chi connectivity index (χ1) is 6.42. The van der Waals surface area contributed by atoms with Gasteiger partial charge in [0.2, 0.25) is 0 Å². The van der Waals surface area contributed by atoms with Crippen LogP contribution in [0.5, 0.6) is 0 Å². The lowest BCUT2D eigenvalue weighted by Gasteiger charge is -2.18. The van der Waals surface area contributed by atoms with Gasteiger partial charge in [-0.2, -0.15) is 0 Å². The highest BCUT2D eigenvalue weighted by Crippen LogP contribution is 2.38. The molecule has 0 N–H and O–H groups in total. The van der Waals surface area contributed by atoms with Crippen LogP contribution in [0.15, 0.2) is 34.4 Å². The van der Waals surface area contributed by atoms with Crippen LogP contribution in [0, 0.1) is 0 Å². The summed E-state index contributed by atoms with van der Waals surface area (Å²) in [6, 6.07) is 3.94. The topological polar surface area (TPSA) is 16.4 Å². The molecule has 1 saturated heterocycles. The van der Waals surface area contributed by atoms with Crippen LogP contribution in [0.3, 0.4) is 0 Å². The molecule has 4 heteroatoms. The van der Waals surface area contributed by atoms with E-state index >= 15 is 0 Å². The zero-order valence-electron chi connectivity index (χ0n) is 7.09. The van der Waals surface area contributed by atoms with Crippen molar-refractivity contribution in [2.24, 2.45) is 0 Å². The second-order valence-corrected chi connectivity index (χ2v) is 4.26. The summed E-state index contributed by atoms with van der Waals surface area (Å²) in [7, 11) is 0. The Kier molecular flexibility index (Phi) is 2.90. The molecule has 70 valence electrons. The Morgan fingerprint density at radius 3 is 3.31 bits per heavy atom. The van der Waals surface area contributed by atoms with E-state index in [0.717, 1.165) is 18.1 Å². The summed E-state index contributed by atoms with van der Waals surface area (Å²) >= 11 is 5.97. The third-order valence-corrected chi connectivity index (χ3v) is 3.34. The number of hydrogen-bond acceptors (Lipinski definition) is 4. The third kappa shape index (κ3) is 1.89. The van der Waals surface area contributed by atoms with Crippen LogP contribution in [-0.2, 0) is 0 Å². The second-order valence-electron chi connectivity index (χ2n) is 2.77. The molecule has 0 spiro atoms. The highest BCUT2D eigenvalue weighted by atomic mass is 32.2. The molecule has 0 bridgehead atoms. The van der Waals surface area contributed by atoms with Crippen molar-refractivity contribution in [3.63, 3.8) is 0 Å². The minimum Gasteiger partial charge on any atom is -0.466 e. The van der Waals surface area contributed by atoms with E-state index in [9.17, 15) is 0 Å². The van der Waals surface area contributed by atoms with Crippen LogP contribution in [0.25, 0.3) is 0 Å². The van der Waals surface area contributed by atoms with Crippen LogP contribution in [0.1, 0.15) is 11.1 Å². The van der Waals surface area contributed by atoms with Gasteiger partial charge in [0.05, 0.1) is 6.26 Å². The van der Waals surface area contributed by atoms with Gasteiger partial charge in [0.25, 0.3) is 0 Å². The average Bonchev–Trinajstić information content (AvgIpc) is 2.71. The van der Waals surface area contributed by atoms with E-state index in [4.69, 9.17) is 4.42 Å². The van der Waals surface area contributed by atoms with Crippen LogP contribution in [-0.4, -0.2) is 17.2 Å². The average molecular weight is 213 g/mol.